The summed E-state index contributed by atoms with van der Waals surface area (Å²) in [4.78, 5) is 28.5. The van der Waals surface area contributed by atoms with Gasteiger partial charge in [-0.05, 0) is 68.9 Å². The van der Waals surface area contributed by atoms with Crippen LogP contribution in [0.5, 0.6) is 11.5 Å². The molecule has 3 aliphatic rings. The maximum Gasteiger partial charge on any atom is 0.256 e. The van der Waals surface area contributed by atoms with Gasteiger partial charge in [0.05, 0.1) is 17.5 Å². The Kier molecular flexibility index (Phi) is 6.24. The molecule has 2 fully saturated rings. The van der Waals surface area contributed by atoms with Gasteiger partial charge in [-0.3, -0.25) is 19.8 Å². The molecule has 8 nitrogen and oxygen atoms in total. The summed E-state index contributed by atoms with van der Waals surface area (Å²) in [5.74, 6) is 0.165. The number of rotatable bonds is 6. The minimum atomic E-state index is -1.37. The van der Waals surface area contributed by atoms with Gasteiger partial charge in [0.15, 0.2) is 17.0 Å². The van der Waals surface area contributed by atoms with Gasteiger partial charge in [0.1, 0.15) is 6.61 Å². The first-order chi connectivity index (χ1) is 19.9. The fraction of sp³-hybridized carbons (Fsp3) is 0.281. The molecule has 41 heavy (non-hydrogen) atoms. The van der Waals surface area contributed by atoms with Gasteiger partial charge in [0.2, 0.25) is 0 Å². The lowest BCUT2D eigenvalue weighted by Gasteiger charge is -2.32. The Bertz CT molecular complexity index is 1710. The topological polar surface area (TPSA) is 93.9 Å². The molecule has 0 aromatic heterocycles. The highest BCUT2D eigenvalue weighted by Gasteiger charge is 2.73. The molecule has 208 valence electrons. The molecule has 0 saturated carbocycles. The number of carbonyl (C=O) groups is 1. The molecule has 1 N–H and O–H groups in total. The van der Waals surface area contributed by atoms with Crippen LogP contribution in [0.1, 0.15) is 35.4 Å². The van der Waals surface area contributed by atoms with Gasteiger partial charge in [-0.2, -0.15) is 0 Å². The number of fused-ring (bicyclic) bond motifs is 5. The second kappa shape index (κ2) is 9.85. The minimum Gasteiger partial charge on any atom is -0.493 e. The number of anilines is 1. The molecule has 4 aromatic carbocycles. The van der Waals surface area contributed by atoms with Crippen LogP contribution in [-0.4, -0.2) is 41.5 Å². The number of carbonyl (C=O) groups excluding carboxylic acids is 1. The second-order valence-corrected chi connectivity index (χ2v) is 11.7. The molecule has 4 atom stereocenters. The van der Waals surface area contributed by atoms with E-state index in [4.69, 9.17) is 9.47 Å². The van der Waals surface area contributed by atoms with Crippen molar-refractivity contribution in [2.45, 2.75) is 43.0 Å². The number of amides is 1. The van der Waals surface area contributed by atoms with Crippen LogP contribution in [0.4, 0.5) is 5.69 Å². The number of nitrogens with zero attached hydrogens (tertiary/aromatic N) is 2. The molecular formula is C32H28BrN3O5. The maximum absolute atomic E-state index is 13.7. The molecule has 0 bridgehead atoms. The Morgan fingerprint density at radius 2 is 1.88 bits per heavy atom. The zero-order valence-electron chi connectivity index (χ0n) is 22.4. The van der Waals surface area contributed by atoms with Crippen LogP contribution < -0.4 is 14.8 Å². The quantitative estimate of drug-likeness (QED) is 0.204. The van der Waals surface area contributed by atoms with Crippen molar-refractivity contribution in [2.24, 2.45) is 0 Å². The average Bonchev–Trinajstić information content (AvgIpc) is 3.65. The zero-order chi connectivity index (χ0) is 28.3. The summed E-state index contributed by atoms with van der Waals surface area (Å²) in [7, 11) is 1.57. The smallest absolute Gasteiger partial charge is 0.256 e. The van der Waals surface area contributed by atoms with Crippen molar-refractivity contribution in [1.82, 2.24) is 4.90 Å². The van der Waals surface area contributed by atoms with E-state index < -0.39 is 17.5 Å². The van der Waals surface area contributed by atoms with E-state index in [1.165, 1.54) is 0 Å². The van der Waals surface area contributed by atoms with Crippen LogP contribution in [0.2, 0.25) is 0 Å². The minimum absolute atomic E-state index is 0.165. The second-order valence-electron chi connectivity index (χ2n) is 10.9. The summed E-state index contributed by atoms with van der Waals surface area (Å²) in [6.45, 7) is 0.949. The van der Waals surface area contributed by atoms with Crippen molar-refractivity contribution in [3.8, 4) is 11.5 Å². The third-order valence-electron chi connectivity index (χ3n) is 8.98. The lowest BCUT2D eigenvalue weighted by molar-refractivity contribution is -0.534. The maximum atomic E-state index is 13.7. The molecule has 7 rings (SSSR count). The SMILES string of the molecule is COc1cc([C@@H]2[C@@H]3CCCN3[C@@]3(C(=O)Nc4ccccc43)[C@@H]2[N+](=O)[O-])cc(Br)c1OCc1cccc2ccccc12. The molecule has 2 saturated heterocycles. The molecule has 4 aromatic rings. The Morgan fingerprint density at radius 3 is 2.71 bits per heavy atom. The highest BCUT2D eigenvalue weighted by molar-refractivity contribution is 9.10. The van der Waals surface area contributed by atoms with Gasteiger partial charge in [-0.1, -0.05) is 60.7 Å². The summed E-state index contributed by atoms with van der Waals surface area (Å²) in [6.07, 6.45) is 1.64. The first-order valence-corrected chi connectivity index (χ1v) is 14.5. The molecule has 0 radical (unpaired) electrons. The summed E-state index contributed by atoms with van der Waals surface area (Å²) >= 11 is 3.68. The van der Waals surface area contributed by atoms with E-state index in [0.29, 0.717) is 40.4 Å². The van der Waals surface area contributed by atoms with Crippen LogP contribution in [-0.2, 0) is 16.9 Å². The first-order valence-electron chi connectivity index (χ1n) is 13.7. The number of ether oxygens (including phenoxy) is 2. The van der Waals surface area contributed by atoms with Crippen molar-refractivity contribution in [3.63, 3.8) is 0 Å². The number of halogens is 1. The number of nitrogens with one attached hydrogen (secondary N) is 1. The van der Waals surface area contributed by atoms with E-state index >= 15 is 0 Å². The average molecular weight is 614 g/mol. The van der Waals surface area contributed by atoms with Crippen molar-refractivity contribution < 1.29 is 19.2 Å². The van der Waals surface area contributed by atoms with Gasteiger partial charge < -0.3 is 14.8 Å². The summed E-state index contributed by atoms with van der Waals surface area (Å²) in [5, 5.41) is 18.1. The van der Waals surface area contributed by atoms with Crippen LogP contribution in [0, 0.1) is 10.1 Å². The Labute approximate surface area is 245 Å². The standard InChI is InChI=1S/C32H28BrN3O5/c1-40-27-17-21(16-24(33)29(27)41-18-20-10-6-9-19-8-2-3-11-22(19)20)28-26-14-7-15-35(26)32(30(28)36(38)39)23-12-4-5-13-25(23)34-31(32)37/h2-6,8-13,16-17,26,28,30H,7,14-15,18H2,1H3,(H,34,37)/t26-,28+,30+,32+/m0/s1. The van der Waals surface area contributed by atoms with Crippen LogP contribution in [0.3, 0.4) is 0 Å². The molecule has 3 aliphatic heterocycles. The van der Waals surface area contributed by atoms with E-state index in [1.807, 2.05) is 60.7 Å². The summed E-state index contributed by atoms with van der Waals surface area (Å²) in [6, 6.07) is 24.0. The van der Waals surface area contributed by atoms with E-state index in [-0.39, 0.29) is 16.9 Å². The van der Waals surface area contributed by atoms with Crippen molar-refractivity contribution >= 4 is 38.3 Å². The first kappa shape index (κ1) is 26.0. The third-order valence-corrected chi connectivity index (χ3v) is 9.57. The molecular weight excluding hydrogens is 586 g/mol. The third kappa shape index (κ3) is 3.79. The molecule has 0 aliphatic carbocycles. The van der Waals surface area contributed by atoms with Gasteiger partial charge in [0.25, 0.3) is 11.9 Å². The van der Waals surface area contributed by atoms with Crippen molar-refractivity contribution in [1.29, 1.82) is 0 Å². The van der Waals surface area contributed by atoms with Gasteiger partial charge >= 0.3 is 0 Å². The summed E-state index contributed by atoms with van der Waals surface area (Å²) in [5.41, 5.74) is 1.75. The van der Waals surface area contributed by atoms with Crippen LogP contribution in [0.15, 0.2) is 83.3 Å². The Morgan fingerprint density at radius 1 is 1.10 bits per heavy atom. The molecule has 0 unspecified atom stereocenters. The predicted octanol–water partition coefficient (Wildman–Crippen LogP) is 6.24. The highest BCUT2D eigenvalue weighted by atomic mass is 79.9. The Balaban J connectivity index is 1.29. The number of methoxy groups -OCH3 is 1. The normalized spacial score (nSPS) is 24.8. The number of benzene rings is 4. The fourth-order valence-electron chi connectivity index (χ4n) is 7.42. The van der Waals surface area contributed by atoms with Crippen molar-refractivity contribution in [3.05, 3.63) is 110 Å². The largest absolute Gasteiger partial charge is 0.493 e. The van der Waals surface area contributed by atoms with Gasteiger partial charge in [-0.15, -0.1) is 0 Å². The van der Waals surface area contributed by atoms with Crippen molar-refractivity contribution in [2.75, 3.05) is 19.0 Å². The zero-order valence-corrected chi connectivity index (χ0v) is 24.0. The van der Waals surface area contributed by atoms with Gasteiger partial charge in [-0.25, -0.2) is 0 Å². The van der Waals surface area contributed by atoms with E-state index in [9.17, 15) is 14.9 Å². The van der Waals surface area contributed by atoms with E-state index in [0.717, 1.165) is 34.7 Å². The lowest BCUT2D eigenvalue weighted by Crippen LogP contribution is -2.55. The van der Waals surface area contributed by atoms with E-state index in [2.05, 4.69) is 44.3 Å². The van der Waals surface area contributed by atoms with Crippen LogP contribution >= 0.6 is 15.9 Å². The number of hydrogen-bond donors (Lipinski definition) is 1. The van der Waals surface area contributed by atoms with Gasteiger partial charge in [0, 0.05) is 28.8 Å². The lowest BCUT2D eigenvalue weighted by atomic mass is 9.77. The highest BCUT2D eigenvalue weighted by Crippen LogP contribution is 2.58. The molecule has 1 spiro atoms. The fourth-order valence-corrected chi connectivity index (χ4v) is 7.99. The number of nitro groups is 1. The Hall–Kier alpha value is -3.95. The summed E-state index contributed by atoms with van der Waals surface area (Å²) < 4.78 is 12.7. The number of hydrogen-bond acceptors (Lipinski definition) is 6. The predicted molar refractivity (Wildman–Crippen MR) is 159 cm³/mol. The molecule has 3 heterocycles. The monoisotopic (exact) mass is 613 g/mol. The van der Waals surface area contributed by atoms with E-state index in [1.54, 1.807) is 7.11 Å². The number of para-hydroxylation sites is 1. The van der Waals surface area contributed by atoms with Crippen LogP contribution in [0.25, 0.3) is 10.8 Å². The molecule has 1 amide bonds. The molecule has 9 heteroatoms.